The largest absolute Gasteiger partial charge is 0.508 e. The number of amides is 4. The Labute approximate surface area is 563 Å². The Morgan fingerprint density at radius 3 is 1.40 bits per heavy atom. The van der Waals surface area contributed by atoms with Gasteiger partial charge in [0.05, 0.1) is 89.9 Å². The average molecular weight is 1350 g/mol. The van der Waals surface area contributed by atoms with Crippen LogP contribution in [0.2, 0.25) is 0 Å². The maximum absolute atomic E-state index is 14.9. The predicted octanol–water partition coefficient (Wildman–Crippen LogP) is -0.822. The van der Waals surface area contributed by atoms with Crippen molar-refractivity contribution in [2.45, 2.75) is 115 Å². The predicted molar refractivity (Wildman–Crippen MR) is 364 cm³/mol. The minimum Gasteiger partial charge on any atom is -0.508 e. The maximum Gasteiger partial charge on any atom is 0.274 e. The molecule has 3 aromatic rings. The third-order valence-corrected chi connectivity index (χ3v) is 15.1. The number of ketones is 2. The summed E-state index contributed by atoms with van der Waals surface area (Å²) in [5.41, 5.74) is 32.4. The average Bonchev–Trinajstić information content (AvgIpc) is 0.836. The second kappa shape index (κ2) is 46.3. The third-order valence-electron chi connectivity index (χ3n) is 15.1. The number of ether oxygens (including phenoxy) is 6. The van der Waals surface area contributed by atoms with Crippen LogP contribution in [0.5, 0.6) is 11.5 Å². The van der Waals surface area contributed by atoms with Crippen LogP contribution in [0.25, 0.3) is 0 Å². The first kappa shape index (κ1) is 82.3. The molecule has 2 aromatic carbocycles. The van der Waals surface area contributed by atoms with Crippen molar-refractivity contribution in [3.05, 3.63) is 71.0 Å². The van der Waals surface area contributed by atoms with E-state index in [0.29, 0.717) is 129 Å². The number of guanidine groups is 2. The minimum absolute atomic E-state index is 0.0141. The van der Waals surface area contributed by atoms with Crippen LogP contribution in [-0.4, -0.2) is 222 Å². The summed E-state index contributed by atoms with van der Waals surface area (Å²) < 4.78 is 33.2. The number of aromatic hydroxyl groups is 2. The van der Waals surface area contributed by atoms with Gasteiger partial charge in [-0.2, -0.15) is 0 Å². The molecule has 0 bridgehead atoms. The number of nitrogens with zero attached hydrogens (tertiary/aromatic N) is 2. The number of hydrogen-bond acceptors (Lipinski definition) is 24. The van der Waals surface area contributed by atoms with Crippen LogP contribution in [0.3, 0.4) is 0 Å². The van der Waals surface area contributed by atoms with E-state index in [1.54, 1.807) is 52.0 Å². The molecule has 24 N–H and O–H groups in total. The Hall–Kier alpha value is -7.92. The van der Waals surface area contributed by atoms with Gasteiger partial charge in [-0.05, 0) is 147 Å². The van der Waals surface area contributed by atoms with Crippen molar-refractivity contribution < 1.29 is 67.4 Å². The van der Waals surface area contributed by atoms with Gasteiger partial charge in [0.2, 0.25) is 11.8 Å². The van der Waals surface area contributed by atoms with E-state index in [2.05, 4.69) is 52.5 Å². The first-order chi connectivity index (χ1) is 45.9. The number of Topliss-reactive ketones (excluding diaryl/α,β-unsaturated/α-hetero) is 2. The first-order valence-electron chi connectivity index (χ1n) is 32.6. The highest BCUT2D eigenvalue weighted by molar-refractivity contribution is 6.03. The van der Waals surface area contributed by atoms with E-state index in [0.717, 1.165) is 12.8 Å². The second-order valence-electron chi connectivity index (χ2n) is 23.9. The molecule has 0 fully saturated rings. The number of benzene rings is 2. The molecule has 4 amide bonds. The molecule has 3 rings (SSSR count). The lowest BCUT2D eigenvalue weighted by Gasteiger charge is -2.39. The number of aromatic nitrogens is 2. The van der Waals surface area contributed by atoms with Gasteiger partial charge in [-0.15, -0.1) is 0 Å². The van der Waals surface area contributed by atoms with Crippen molar-refractivity contribution in [1.82, 2.24) is 52.5 Å². The number of anilines is 2. The lowest BCUT2D eigenvalue weighted by Crippen LogP contribution is -2.60. The zero-order valence-corrected chi connectivity index (χ0v) is 56.3. The Bertz CT molecular complexity index is 2820. The van der Waals surface area contributed by atoms with Crippen LogP contribution in [0.1, 0.15) is 111 Å². The van der Waals surface area contributed by atoms with Gasteiger partial charge in [0.25, 0.3) is 11.8 Å². The highest BCUT2D eigenvalue weighted by Crippen LogP contribution is 2.29. The van der Waals surface area contributed by atoms with Crippen LogP contribution in [0.15, 0.2) is 48.5 Å². The van der Waals surface area contributed by atoms with E-state index in [9.17, 15) is 39.0 Å². The Morgan fingerprint density at radius 1 is 0.490 bits per heavy atom. The van der Waals surface area contributed by atoms with E-state index < -0.39 is 88.1 Å². The first-order valence-corrected chi connectivity index (χ1v) is 32.6. The molecule has 0 saturated carbocycles. The molecule has 96 heavy (non-hydrogen) atoms. The van der Waals surface area contributed by atoms with Crippen molar-refractivity contribution >= 4 is 58.8 Å². The van der Waals surface area contributed by atoms with Gasteiger partial charge in [0.1, 0.15) is 11.5 Å². The van der Waals surface area contributed by atoms with Gasteiger partial charge >= 0.3 is 0 Å². The number of nitrogens with one attached hydrogen (secondary N) is 10. The summed E-state index contributed by atoms with van der Waals surface area (Å²) >= 11 is 0. The fraction of sp³-hybridized carbons (Fsp3) is 0.625. The Morgan fingerprint density at radius 2 is 0.906 bits per heavy atom. The Kier molecular flexibility index (Phi) is 39.7. The van der Waals surface area contributed by atoms with E-state index in [4.69, 9.17) is 73.6 Å². The van der Waals surface area contributed by atoms with Crippen molar-refractivity contribution in [1.29, 1.82) is 10.8 Å². The smallest absolute Gasteiger partial charge is 0.274 e. The fourth-order valence-corrected chi connectivity index (χ4v) is 9.80. The summed E-state index contributed by atoms with van der Waals surface area (Å²) in [5.74, 6) is -7.10. The zero-order chi connectivity index (χ0) is 70.7. The van der Waals surface area contributed by atoms with Gasteiger partial charge in [-0.25, -0.2) is 9.97 Å². The van der Waals surface area contributed by atoms with Gasteiger partial charge in [-0.3, -0.25) is 39.6 Å². The summed E-state index contributed by atoms with van der Waals surface area (Å²) in [6.45, 7) is 13.7. The normalized spacial score (nSPS) is 12.8. The standard InChI is InChI=1S/C64H108N18O14/c1-63(2,47(11-5-24-75-61(69)70)57(87)74-26-10-30-94-34-38-96-36-32-92-28-8-22-66)81-58(88)48(39-43-13-17-45(83)18-14-43)64(3,4)82-60(90)54-56(68)79-53(55(67)80-54)59(89)78-49(12-6-25-76-62(71)72)52(86)42-77-50(40-44-15-19-46(84)20-16-44)51(85)41-73-23-9-29-93-33-37-95-35-31-91-27-7-21-65/h13-20,47-50,73,77,83-84H,5-12,21-42,65-66H2,1-4H3,(H2,67,80)(H2,68,79)(H,74,87)(H,78,89)(H,81,88)(H,82,90)(H4,69,70,75)(H4,71,72,76)/t47?,48-,49?,50?/m0/s1. The summed E-state index contributed by atoms with van der Waals surface area (Å²) in [6.07, 6.45) is 3.73. The molecular formula is C64H108N18O14. The van der Waals surface area contributed by atoms with E-state index in [1.165, 1.54) is 24.3 Å². The molecule has 1 aromatic heterocycles. The maximum atomic E-state index is 14.9. The number of nitrogen functional groups attached to an aromatic ring is 2. The number of rotatable bonds is 54. The molecular weight excluding hydrogens is 1240 g/mol. The number of phenols is 2. The monoisotopic (exact) mass is 1350 g/mol. The van der Waals surface area contributed by atoms with Crippen molar-refractivity contribution in [2.75, 3.05) is 143 Å². The van der Waals surface area contributed by atoms with Crippen LogP contribution >= 0.6 is 0 Å². The number of phenolic OH excluding ortho intramolecular Hbond substituents is 2. The highest BCUT2D eigenvalue weighted by Gasteiger charge is 2.43. The van der Waals surface area contributed by atoms with Gasteiger partial charge < -0.3 is 116 Å². The molecule has 0 radical (unpaired) electrons. The quantitative estimate of drug-likeness (QED) is 0.0186. The summed E-state index contributed by atoms with van der Waals surface area (Å²) in [7, 11) is 0. The molecule has 538 valence electrons. The minimum atomic E-state index is -1.45. The van der Waals surface area contributed by atoms with Crippen LogP contribution < -0.4 is 76.9 Å². The number of carbonyl (C=O) groups is 6. The van der Waals surface area contributed by atoms with E-state index in [1.807, 2.05) is 0 Å². The van der Waals surface area contributed by atoms with Crippen LogP contribution in [0, 0.1) is 22.7 Å². The van der Waals surface area contributed by atoms with Crippen LogP contribution in [-0.2, 0) is 60.4 Å². The molecule has 0 spiro atoms. The Balaban J connectivity index is 1.78. The van der Waals surface area contributed by atoms with Crippen LogP contribution in [0.4, 0.5) is 11.6 Å². The molecule has 1 heterocycles. The number of nitrogens with two attached hydrogens (primary N) is 6. The molecule has 0 saturated heterocycles. The van der Waals surface area contributed by atoms with Crippen molar-refractivity contribution in [2.24, 2.45) is 34.8 Å². The lowest BCUT2D eigenvalue weighted by molar-refractivity contribution is -0.132. The molecule has 32 nitrogen and oxygen atoms in total. The summed E-state index contributed by atoms with van der Waals surface area (Å²) in [6, 6.07) is 10.3. The summed E-state index contributed by atoms with van der Waals surface area (Å²) in [5, 5.41) is 58.5. The highest BCUT2D eigenvalue weighted by atomic mass is 16.5. The lowest BCUT2D eigenvalue weighted by atomic mass is 9.79. The molecule has 0 aliphatic carbocycles. The third kappa shape index (κ3) is 33.6. The number of hydrogen-bond donors (Lipinski definition) is 18. The molecule has 4 atom stereocenters. The molecule has 32 heteroatoms. The SMILES string of the molecule is CC(C)(NC(=O)[C@H](Cc1ccc(O)cc1)C(C)(C)NC(=O)c1nc(N)c(C(=O)NC(CCCNC(=N)N)C(=O)CNC(Cc2ccc(O)cc2)C(=O)CNCCCOCCOCCOCCCN)nc1N)C(CCCNC(=N)N)C(=O)NCCCOCCOCCOCCCN. The molecule has 3 unspecified atom stereocenters. The second-order valence-corrected chi connectivity index (χ2v) is 23.9. The van der Waals surface area contributed by atoms with E-state index >= 15 is 0 Å². The summed E-state index contributed by atoms with van der Waals surface area (Å²) in [4.78, 5) is 93.8. The topological polar surface area (TPSA) is 524 Å². The van der Waals surface area contributed by atoms with Crippen molar-refractivity contribution in [3.63, 3.8) is 0 Å². The zero-order valence-electron chi connectivity index (χ0n) is 56.3. The van der Waals surface area contributed by atoms with E-state index in [-0.39, 0.29) is 93.4 Å². The van der Waals surface area contributed by atoms with Gasteiger partial charge in [0, 0.05) is 57.1 Å². The van der Waals surface area contributed by atoms with Gasteiger partial charge in [0.15, 0.2) is 46.5 Å². The molecule has 0 aliphatic rings. The molecule has 0 aliphatic heterocycles. The number of carbonyl (C=O) groups excluding carboxylic acids is 6. The van der Waals surface area contributed by atoms with Gasteiger partial charge in [-0.1, -0.05) is 24.3 Å². The fourth-order valence-electron chi connectivity index (χ4n) is 9.80. The van der Waals surface area contributed by atoms with Crippen molar-refractivity contribution in [3.8, 4) is 11.5 Å².